The zero-order valence-corrected chi connectivity index (χ0v) is 37.9. The summed E-state index contributed by atoms with van der Waals surface area (Å²) in [6, 6.07) is 24.6. The van der Waals surface area contributed by atoms with Gasteiger partial charge in [-0.15, -0.1) is 0 Å². The van der Waals surface area contributed by atoms with Gasteiger partial charge in [0, 0.05) is 75.6 Å². The van der Waals surface area contributed by atoms with Crippen LogP contribution in [0, 0.1) is 5.41 Å². The van der Waals surface area contributed by atoms with Crippen LogP contribution in [0.1, 0.15) is 74.8 Å². The van der Waals surface area contributed by atoms with Gasteiger partial charge in [0.2, 0.25) is 11.7 Å². The molecule has 65 heavy (non-hydrogen) atoms. The summed E-state index contributed by atoms with van der Waals surface area (Å²) in [4.78, 5) is 66.4. The molecule has 1 atom stereocenters. The average Bonchev–Trinajstić information content (AvgIpc) is 3.96. The molecule has 0 radical (unpaired) electrons. The molecule has 0 aliphatic carbocycles. The molecule has 0 fully saturated rings. The van der Waals surface area contributed by atoms with E-state index in [4.69, 9.17) is 9.47 Å². The van der Waals surface area contributed by atoms with Crippen LogP contribution in [0.15, 0.2) is 97.5 Å². The van der Waals surface area contributed by atoms with Crippen molar-refractivity contribution >= 4 is 46.5 Å². The summed E-state index contributed by atoms with van der Waals surface area (Å²) in [7, 11) is 8.99. The van der Waals surface area contributed by atoms with E-state index in [9.17, 15) is 19.2 Å². The maximum atomic E-state index is 14.0. The summed E-state index contributed by atoms with van der Waals surface area (Å²) < 4.78 is 15.4. The first-order valence-electron chi connectivity index (χ1n) is 21.7. The SMILES string of the molecule is CNCC(C)(C)CCC(=O)c1cc(-c2ccc(NC(=O)c3nc(NC(=O)Cc4cccc(COc5cc6c(cc5OC)C(=O)N5c7ccccc7C[C@H]5CN6C)c4)cn3C)nc2)cn1C. The predicted octanol–water partition coefficient (Wildman–Crippen LogP) is 7.07. The molecule has 3 N–H and O–H groups in total. The van der Waals surface area contributed by atoms with Gasteiger partial charge in [-0.05, 0) is 78.9 Å². The highest BCUT2D eigenvalue weighted by Gasteiger charge is 2.39. The molecule has 0 unspecified atom stereocenters. The third-order valence-corrected chi connectivity index (χ3v) is 12.1. The third kappa shape index (κ3) is 9.65. The molecule has 2 aliphatic heterocycles. The number of aryl methyl sites for hydroxylation is 2. The molecule has 0 bridgehead atoms. The zero-order valence-electron chi connectivity index (χ0n) is 37.9. The van der Waals surface area contributed by atoms with Gasteiger partial charge in [-0.2, -0.15) is 0 Å². The van der Waals surface area contributed by atoms with Crippen molar-refractivity contribution < 1.29 is 28.7 Å². The lowest BCUT2D eigenvalue weighted by Gasteiger charge is -2.25. The first-order chi connectivity index (χ1) is 31.2. The number of methoxy groups -OCH3 is 1. The van der Waals surface area contributed by atoms with Gasteiger partial charge in [-0.1, -0.05) is 56.3 Å². The number of ether oxygens (including phenoxy) is 2. The third-order valence-electron chi connectivity index (χ3n) is 12.1. The van der Waals surface area contributed by atoms with Gasteiger partial charge < -0.3 is 44.4 Å². The Balaban J connectivity index is 0.857. The van der Waals surface area contributed by atoms with Crippen LogP contribution in [0.5, 0.6) is 11.5 Å². The van der Waals surface area contributed by atoms with Crippen molar-refractivity contribution in [1.29, 1.82) is 0 Å². The average molecular weight is 878 g/mol. The highest BCUT2D eigenvalue weighted by atomic mass is 16.5. The number of nitrogens with zero attached hydrogens (tertiary/aromatic N) is 6. The van der Waals surface area contributed by atoms with E-state index < -0.39 is 5.91 Å². The molecule has 5 heterocycles. The number of nitrogens with one attached hydrogen (secondary N) is 3. The fourth-order valence-corrected chi connectivity index (χ4v) is 8.79. The molecule has 0 saturated carbocycles. The van der Waals surface area contributed by atoms with Crippen LogP contribution in [0.4, 0.5) is 23.0 Å². The number of imidazole rings is 1. The van der Waals surface area contributed by atoms with Crippen LogP contribution in [0.3, 0.4) is 0 Å². The maximum Gasteiger partial charge on any atom is 0.292 e. The Morgan fingerprint density at radius 3 is 2.42 bits per heavy atom. The van der Waals surface area contributed by atoms with Crippen LogP contribution < -0.4 is 35.2 Å². The maximum absolute atomic E-state index is 14.0. The molecule has 15 heteroatoms. The van der Waals surface area contributed by atoms with E-state index in [1.54, 1.807) is 38.7 Å². The van der Waals surface area contributed by atoms with Gasteiger partial charge in [-0.25, -0.2) is 9.97 Å². The standard InChI is InChI=1S/C50H55N9O6/c1-50(2,30-51-3)18-17-41(60)40-22-35(26-56(40)4)34-15-16-44(52-25-34)55-48(62)47-54-45(28-58(47)6)53-46(61)20-31-11-10-12-32(19-31)29-65-43-24-39-37(23-42(43)64-7)49(63)59-36(27-57(39)5)21-33-13-8-9-14-38(33)59/h8-16,19,22-26,28,36,51H,17-18,20-21,27,29-30H2,1-7H3,(H,53,61)(H,52,55,62)/t36-/m0/s1. The highest BCUT2D eigenvalue weighted by molar-refractivity contribution is 6.12. The van der Waals surface area contributed by atoms with E-state index >= 15 is 0 Å². The number of hydrogen-bond donors (Lipinski definition) is 3. The van der Waals surface area contributed by atoms with Crippen molar-refractivity contribution in [2.45, 2.75) is 52.2 Å². The van der Waals surface area contributed by atoms with Crippen LogP contribution in [-0.4, -0.2) is 82.9 Å². The summed E-state index contributed by atoms with van der Waals surface area (Å²) in [6.07, 6.45) is 7.20. The van der Waals surface area contributed by atoms with Crippen LogP contribution in [-0.2, 0) is 38.3 Å². The second-order valence-electron chi connectivity index (χ2n) is 17.7. The number of fused-ring (bicyclic) bond motifs is 4. The van der Waals surface area contributed by atoms with Gasteiger partial charge in [0.05, 0.1) is 36.5 Å². The monoisotopic (exact) mass is 877 g/mol. The minimum Gasteiger partial charge on any atom is -0.493 e. The summed E-state index contributed by atoms with van der Waals surface area (Å²) >= 11 is 0. The molecule has 3 amide bonds. The van der Waals surface area contributed by atoms with Crippen molar-refractivity contribution in [3.63, 3.8) is 0 Å². The van der Waals surface area contributed by atoms with E-state index in [0.717, 1.165) is 53.0 Å². The number of carbonyl (C=O) groups excluding carboxylic acids is 4. The molecular formula is C50H55N9O6. The fourth-order valence-electron chi connectivity index (χ4n) is 8.79. The van der Waals surface area contributed by atoms with Crippen molar-refractivity contribution in [3.05, 3.63) is 131 Å². The fraction of sp³-hybridized carbons (Fsp3) is 0.320. The smallest absolute Gasteiger partial charge is 0.292 e. The highest BCUT2D eigenvalue weighted by Crippen LogP contribution is 2.42. The van der Waals surface area contributed by atoms with Crippen molar-refractivity contribution in [1.82, 2.24) is 24.4 Å². The van der Waals surface area contributed by atoms with Crippen molar-refractivity contribution in [2.75, 3.05) is 54.7 Å². The van der Waals surface area contributed by atoms with Crippen LogP contribution >= 0.6 is 0 Å². The number of rotatable bonds is 16. The second-order valence-corrected chi connectivity index (χ2v) is 17.7. The summed E-state index contributed by atoms with van der Waals surface area (Å²) in [6.45, 7) is 5.99. The van der Waals surface area contributed by atoms with E-state index in [0.29, 0.717) is 41.5 Å². The number of ketones is 1. The summed E-state index contributed by atoms with van der Waals surface area (Å²) in [5.41, 5.74) is 7.34. The predicted molar refractivity (Wildman–Crippen MR) is 251 cm³/mol. The quantitative estimate of drug-likeness (QED) is 0.0857. The molecule has 8 rings (SSSR count). The molecule has 3 aromatic heterocycles. The molecule has 0 saturated heterocycles. The zero-order chi connectivity index (χ0) is 46.0. The number of likely N-dealkylation sites (N-methyl/N-ethyl adjacent to an activating group) is 1. The number of hydrogen-bond acceptors (Lipinski definition) is 10. The lowest BCUT2D eigenvalue weighted by Crippen LogP contribution is -2.41. The molecular weight excluding hydrogens is 823 g/mol. The van der Waals surface area contributed by atoms with Crippen molar-refractivity contribution in [2.24, 2.45) is 19.5 Å². The molecule has 3 aromatic carbocycles. The number of aromatic nitrogens is 4. The topological polar surface area (TPSA) is 165 Å². The Bertz CT molecular complexity index is 2770. The van der Waals surface area contributed by atoms with E-state index in [1.807, 2.05) is 97.5 Å². The first-order valence-corrected chi connectivity index (χ1v) is 21.7. The normalized spacial score (nSPS) is 14.3. The second kappa shape index (κ2) is 18.5. The largest absolute Gasteiger partial charge is 0.493 e. The van der Waals surface area contributed by atoms with Crippen molar-refractivity contribution in [3.8, 4) is 22.6 Å². The number of Topliss-reactive ketones (excluding diaryl/α,β-unsaturated/α-hetero) is 1. The number of pyridine rings is 1. The van der Waals surface area contributed by atoms with Gasteiger partial charge in [0.1, 0.15) is 12.4 Å². The number of carbonyl (C=O) groups is 4. The Morgan fingerprint density at radius 1 is 0.846 bits per heavy atom. The Kier molecular flexibility index (Phi) is 12.6. The van der Waals surface area contributed by atoms with Gasteiger partial charge in [0.15, 0.2) is 23.1 Å². The van der Waals surface area contributed by atoms with Gasteiger partial charge in [-0.3, -0.25) is 19.2 Å². The minimum absolute atomic E-state index is 0.0110. The number of anilines is 4. The number of benzene rings is 3. The van der Waals surface area contributed by atoms with Gasteiger partial charge in [0.25, 0.3) is 11.8 Å². The molecule has 336 valence electrons. The molecule has 6 aromatic rings. The van der Waals surface area contributed by atoms with E-state index in [2.05, 4.69) is 50.7 Å². The molecule has 0 spiro atoms. The van der Waals surface area contributed by atoms with Crippen LogP contribution in [0.2, 0.25) is 0 Å². The van der Waals surface area contributed by atoms with Gasteiger partial charge >= 0.3 is 0 Å². The Morgan fingerprint density at radius 2 is 1.65 bits per heavy atom. The van der Waals surface area contributed by atoms with Crippen LogP contribution in [0.25, 0.3) is 11.1 Å². The minimum atomic E-state index is -0.495. The number of amides is 3. The molecule has 15 nitrogen and oxygen atoms in total. The Hall–Kier alpha value is -7.26. The Labute approximate surface area is 378 Å². The lowest BCUT2D eigenvalue weighted by atomic mass is 9.86. The van der Waals surface area contributed by atoms with E-state index in [-0.39, 0.29) is 53.7 Å². The van der Waals surface area contributed by atoms with E-state index in [1.165, 1.54) is 10.1 Å². The lowest BCUT2D eigenvalue weighted by molar-refractivity contribution is -0.115. The number of para-hydroxylation sites is 1. The summed E-state index contributed by atoms with van der Waals surface area (Å²) in [5.74, 6) is 0.814. The summed E-state index contributed by atoms with van der Waals surface area (Å²) in [5, 5.41) is 8.78. The molecule has 2 aliphatic rings. The first kappa shape index (κ1) is 44.4.